The van der Waals surface area contributed by atoms with E-state index in [1.807, 2.05) is 0 Å². The van der Waals surface area contributed by atoms with Gasteiger partial charge in [0.25, 0.3) is 5.56 Å². The van der Waals surface area contributed by atoms with Crippen LogP contribution in [0.15, 0.2) is 40.2 Å². The molecule has 0 aliphatic heterocycles. The number of hydrogen-bond donors (Lipinski definition) is 0. The average Bonchev–Trinajstić information content (AvgIpc) is 3.12. The molecule has 0 fully saturated rings. The van der Waals surface area contributed by atoms with Crippen molar-refractivity contribution in [1.29, 1.82) is 0 Å². The zero-order valence-corrected chi connectivity index (χ0v) is 15.9. The van der Waals surface area contributed by atoms with Crippen LogP contribution in [0.2, 0.25) is 0 Å². The molecule has 0 N–H and O–H groups in total. The highest BCUT2D eigenvalue weighted by Crippen LogP contribution is 2.08. The molecule has 10 heteroatoms. The van der Waals surface area contributed by atoms with Crippen LogP contribution in [0.25, 0.3) is 11.2 Å². The van der Waals surface area contributed by atoms with Crippen molar-refractivity contribution in [3.05, 3.63) is 62.8 Å². The van der Waals surface area contributed by atoms with Crippen molar-refractivity contribution in [3.63, 3.8) is 0 Å². The van der Waals surface area contributed by atoms with E-state index in [0.717, 1.165) is 4.57 Å². The fourth-order valence-electron chi connectivity index (χ4n) is 2.90. The van der Waals surface area contributed by atoms with Gasteiger partial charge in [-0.25, -0.2) is 14.2 Å². The maximum Gasteiger partial charge on any atom is 0.332 e. The van der Waals surface area contributed by atoms with Crippen molar-refractivity contribution in [2.75, 3.05) is 6.61 Å². The van der Waals surface area contributed by atoms with Crippen LogP contribution < -0.4 is 11.2 Å². The summed E-state index contributed by atoms with van der Waals surface area (Å²) in [6, 6.07) is 5.23. The molecular weight excluding hydrogens is 383 g/mol. The molecule has 0 atom stereocenters. The molecule has 152 valence electrons. The number of esters is 1. The monoisotopic (exact) mass is 402 g/mol. The Morgan fingerprint density at radius 3 is 2.48 bits per heavy atom. The minimum atomic E-state index is -0.602. The van der Waals surface area contributed by atoms with Crippen LogP contribution >= 0.6 is 0 Å². The number of Topliss-reactive ketones (excluding diaryl/α,β-unsaturated/α-hetero) is 1. The quantitative estimate of drug-likeness (QED) is 0.329. The molecule has 0 aliphatic carbocycles. The van der Waals surface area contributed by atoms with Gasteiger partial charge in [-0.2, -0.15) is 0 Å². The minimum absolute atomic E-state index is 0.0227. The number of fused-ring (bicyclic) bond motifs is 1. The number of rotatable bonds is 7. The highest BCUT2D eigenvalue weighted by molar-refractivity contribution is 5.95. The lowest BCUT2D eigenvalue weighted by Gasteiger charge is -2.07. The summed E-state index contributed by atoms with van der Waals surface area (Å²) < 4.78 is 21.5. The highest BCUT2D eigenvalue weighted by atomic mass is 19.1. The number of ketones is 1. The van der Waals surface area contributed by atoms with Gasteiger partial charge in [-0.1, -0.05) is 0 Å². The lowest BCUT2D eigenvalue weighted by molar-refractivity contribution is -0.144. The lowest BCUT2D eigenvalue weighted by Crippen LogP contribution is -2.37. The largest absolute Gasteiger partial charge is 0.464 e. The first kappa shape index (κ1) is 20.2. The predicted molar refractivity (Wildman–Crippen MR) is 101 cm³/mol. The summed E-state index contributed by atoms with van der Waals surface area (Å²) in [4.78, 5) is 52.4. The fourth-order valence-corrected chi connectivity index (χ4v) is 2.90. The van der Waals surface area contributed by atoms with Gasteiger partial charge in [0.15, 0.2) is 16.9 Å². The average molecular weight is 402 g/mol. The third-order valence-corrected chi connectivity index (χ3v) is 4.49. The molecule has 0 bridgehead atoms. The predicted octanol–water partition coefficient (Wildman–Crippen LogP) is 0.779. The van der Waals surface area contributed by atoms with E-state index in [-0.39, 0.29) is 36.5 Å². The Morgan fingerprint density at radius 1 is 1.10 bits per heavy atom. The molecule has 0 saturated carbocycles. The number of nitrogens with zero attached hydrogens (tertiary/aromatic N) is 4. The second kappa shape index (κ2) is 8.21. The van der Waals surface area contributed by atoms with E-state index in [4.69, 9.17) is 4.74 Å². The van der Waals surface area contributed by atoms with Gasteiger partial charge in [-0.3, -0.25) is 23.5 Å². The molecule has 29 heavy (non-hydrogen) atoms. The normalized spacial score (nSPS) is 11.0. The minimum Gasteiger partial charge on any atom is -0.464 e. The smallest absolute Gasteiger partial charge is 0.332 e. The van der Waals surface area contributed by atoms with Crippen LogP contribution in [0.5, 0.6) is 0 Å². The molecule has 3 rings (SSSR count). The van der Waals surface area contributed by atoms with Crippen molar-refractivity contribution in [2.45, 2.75) is 19.4 Å². The molecule has 0 aliphatic rings. The molecule has 0 radical (unpaired) electrons. The Kier molecular flexibility index (Phi) is 5.71. The Labute approximate surface area is 164 Å². The first-order chi connectivity index (χ1) is 13.8. The molecule has 0 amide bonds. The standard InChI is InChI=1S/C19H19FN4O5/c1-22-17-16(18(27)23(2)19(22)28)24(11-21-17)10-15(26)29-9-3-4-14(25)12-5-7-13(20)8-6-12/h5-8,11H,3-4,9-10H2,1-2H3. The molecule has 3 aromatic rings. The Bertz CT molecular complexity index is 1190. The number of benzene rings is 1. The van der Waals surface area contributed by atoms with Crippen molar-refractivity contribution < 1.29 is 18.7 Å². The topological polar surface area (TPSA) is 105 Å². The molecule has 9 nitrogen and oxygen atoms in total. The van der Waals surface area contributed by atoms with Gasteiger partial charge in [0, 0.05) is 26.1 Å². The third kappa shape index (κ3) is 4.15. The Balaban J connectivity index is 1.58. The molecule has 0 saturated heterocycles. The maximum absolute atomic E-state index is 12.9. The molecule has 2 heterocycles. The van der Waals surface area contributed by atoms with E-state index in [1.165, 1.54) is 53.8 Å². The van der Waals surface area contributed by atoms with Gasteiger partial charge < -0.3 is 9.30 Å². The van der Waals surface area contributed by atoms with Crippen LogP contribution in [0.1, 0.15) is 23.2 Å². The summed E-state index contributed by atoms with van der Waals surface area (Å²) in [5.41, 5.74) is -0.377. The SMILES string of the molecule is Cn1c(=O)c2c(ncn2CC(=O)OCCCC(=O)c2ccc(F)cc2)n(C)c1=O. The number of hydrogen-bond acceptors (Lipinski definition) is 6. The second-order valence-corrected chi connectivity index (χ2v) is 6.50. The number of aromatic nitrogens is 4. The molecule has 0 spiro atoms. The Morgan fingerprint density at radius 2 is 1.79 bits per heavy atom. The van der Waals surface area contributed by atoms with Crippen LogP contribution in [0, 0.1) is 5.82 Å². The van der Waals surface area contributed by atoms with Gasteiger partial charge in [0.2, 0.25) is 0 Å². The van der Waals surface area contributed by atoms with Gasteiger partial charge >= 0.3 is 11.7 Å². The number of aryl methyl sites for hydroxylation is 1. The highest BCUT2D eigenvalue weighted by Gasteiger charge is 2.16. The molecule has 1 aromatic carbocycles. The van der Waals surface area contributed by atoms with Gasteiger partial charge in [0.05, 0.1) is 12.9 Å². The van der Waals surface area contributed by atoms with Crippen LogP contribution in [-0.4, -0.2) is 37.0 Å². The molecule has 0 unspecified atom stereocenters. The van der Waals surface area contributed by atoms with Crippen molar-refractivity contribution in [2.24, 2.45) is 14.1 Å². The zero-order chi connectivity index (χ0) is 21.1. The number of halogens is 1. The number of ether oxygens (including phenoxy) is 1. The van der Waals surface area contributed by atoms with E-state index in [9.17, 15) is 23.6 Å². The Hall–Kier alpha value is -3.56. The van der Waals surface area contributed by atoms with E-state index in [0.29, 0.717) is 12.0 Å². The molecular formula is C19H19FN4O5. The first-order valence-corrected chi connectivity index (χ1v) is 8.85. The fraction of sp³-hybridized carbons (Fsp3) is 0.316. The van der Waals surface area contributed by atoms with Crippen LogP contribution in [0.3, 0.4) is 0 Å². The second-order valence-electron chi connectivity index (χ2n) is 6.50. The summed E-state index contributed by atoms with van der Waals surface area (Å²) in [6.45, 7) is -0.231. The number of carbonyl (C=O) groups excluding carboxylic acids is 2. The molecule has 2 aromatic heterocycles. The summed E-state index contributed by atoms with van der Waals surface area (Å²) >= 11 is 0. The van der Waals surface area contributed by atoms with E-state index in [2.05, 4.69) is 4.98 Å². The van der Waals surface area contributed by atoms with E-state index in [1.54, 1.807) is 0 Å². The first-order valence-electron chi connectivity index (χ1n) is 8.85. The lowest BCUT2D eigenvalue weighted by atomic mass is 10.1. The zero-order valence-electron chi connectivity index (χ0n) is 15.9. The van der Waals surface area contributed by atoms with Crippen molar-refractivity contribution >= 4 is 22.9 Å². The van der Waals surface area contributed by atoms with Crippen LogP contribution in [-0.2, 0) is 30.2 Å². The van der Waals surface area contributed by atoms with Gasteiger partial charge in [-0.15, -0.1) is 0 Å². The third-order valence-electron chi connectivity index (χ3n) is 4.49. The van der Waals surface area contributed by atoms with Crippen molar-refractivity contribution in [3.8, 4) is 0 Å². The number of carbonyl (C=O) groups is 2. The van der Waals surface area contributed by atoms with Crippen molar-refractivity contribution in [1.82, 2.24) is 18.7 Å². The summed E-state index contributed by atoms with van der Waals surface area (Å²) in [5, 5.41) is 0. The summed E-state index contributed by atoms with van der Waals surface area (Å²) in [6.07, 6.45) is 1.75. The van der Waals surface area contributed by atoms with E-state index < -0.39 is 23.0 Å². The van der Waals surface area contributed by atoms with Crippen LogP contribution in [0.4, 0.5) is 4.39 Å². The van der Waals surface area contributed by atoms with E-state index >= 15 is 0 Å². The maximum atomic E-state index is 12.9. The van der Waals surface area contributed by atoms with Gasteiger partial charge in [-0.05, 0) is 30.7 Å². The summed E-state index contributed by atoms with van der Waals surface area (Å²) in [5.74, 6) is -1.20. The van der Waals surface area contributed by atoms with Gasteiger partial charge in [0.1, 0.15) is 12.4 Å². The number of imidazole rings is 1. The summed E-state index contributed by atoms with van der Waals surface area (Å²) in [7, 11) is 2.83.